The number of fused-ring (bicyclic) bond motifs is 2. The van der Waals surface area contributed by atoms with E-state index in [4.69, 9.17) is 0 Å². The molecule has 9 nitrogen and oxygen atoms in total. The Bertz CT molecular complexity index is 1770. The maximum Gasteiger partial charge on any atom is 0.303 e. The fourth-order valence-electron chi connectivity index (χ4n) is 7.03. The van der Waals surface area contributed by atoms with Gasteiger partial charge in [0.15, 0.2) is 0 Å². The summed E-state index contributed by atoms with van der Waals surface area (Å²) in [5, 5.41) is 14.1. The lowest BCUT2D eigenvalue weighted by Gasteiger charge is -2.38. The molecule has 0 radical (unpaired) electrons. The third kappa shape index (κ3) is 7.66. The van der Waals surface area contributed by atoms with E-state index in [-0.39, 0.29) is 24.3 Å². The summed E-state index contributed by atoms with van der Waals surface area (Å²) in [7, 11) is 0.0118. The van der Waals surface area contributed by atoms with Crippen LogP contribution in [0, 0.1) is 6.92 Å². The second-order valence-corrected chi connectivity index (χ2v) is 14.6. The van der Waals surface area contributed by atoms with Gasteiger partial charge in [0.05, 0.1) is 21.2 Å². The monoisotopic (exact) mass is 659 g/mol. The van der Waals surface area contributed by atoms with Crippen LogP contribution in [0.2, 0.25) is 0 Å². The van der Waals surface area contributed by atoms with Crippen LogP contribution in [0.15, 0.2) is 77.7 Å². The molecule has 0 saturated heterocycles. The van der Waals surface area contributed by atoms with Crippen molar-refractivity contribution in [1.29, 1.82) is 0 Å². The van der Waals surface area contributed by atoms with Crippen molar-refractivity contribution < 1.29 is 27.7 Å². The van der Waals surface area contributed by atoms with Crippen LogP contribution in [-0.2, 0) is 21.4 Å². The molecule has 2 atom stereocenters. The molecular formula is C37H47N4O5S+. The second-order valence-electron chi connectivity index (χ2n) is 12.7. The molecule has 4 aromatic rings. The topological polar surface area (TPSA) is 111 Å². The van der Waals surface area contributed by atoms with Gasteiger partial charge < -0.3 is 15.3 Å². The summed E-state index contributed by atoms with van der Waals surface area (Å²) in [6.07, 6.45) is 6.69. The number of pyridine rings is 1. The van der Waals surface area contributed by atoms with E-state index in [1.165, 1.54) is 37.8 Å². The van der Waals surface area contributed by atoms with E-state index >= 15 is 0 Å². The average molecular weight is 660 g/mol. The first-order valence-electron chi connectivity index (χ1n) is 16.7. The van der Waals surface area contributed by atoms with Gasteiger partial charge in [-0.3, -0.25) is 9.59 Å². The Balaban J connectivity index is 1.49. The molecule has 250 valence electrons. The number of sulfonamides is 1. The highest BCUT2D eigenvalue weighted by atomic mass is 32.2. The Morgan fingerprint density at radius 1 is 0.872 bits per heavy atom. The van der Waals surface area contributed by atoms with E-state index in [1.54, 1.807) is 12.1 Å². The maximum atomic E-state index is 14.6. The highest BCUT2D eigenvalue weighted by Gasteiger charge is 2.34. The van der Waals surface area contributed by atoms with Gasteiger partial charge >= 0.3 is 5.97 Å². The molecule has 0 aliphatic heterocycles. The van der Waals surface area contributed by atoms with Gasteiger partial charge in [-0.2, -0.15) is 4.57 Å². The van der Waals surface area contributed by atoms with Crippen LogP contribution in [0.4, 0.5) is 0 Å². The number of carboxylic acid groups (broad SMARTS) is 1. The van der Waals surface area contributed by atoms with E-state index in [0.717, 1.165) is 46.8 Å². The molecule has 47 heavy (non-hydrogen) atoms. The van der Waals surface area contributed by atoms with Gasteiger partial charge in [-0.15, -0.1) is 0 Å². The second kappa shape index (κ2) is 15.4. The van der Waals surface area contributed by atoms with E-state index < -0.39 is 21.9 Å². The molecule has 1 aromatic heterocycles. The number of aliphatic carboxylic acids is 1. The first-order valence-corrected chi connectivity index (χ1v) is 18.1. The molecule has 1 amide bonds. The van der Waals surface area contributed by atoms with Crippen molar-refractivity contribution in [3.05, 3.63) is 83.9 Å². The van der Waals surface area contributed by atoms with Crippen LogP contribution in [0.1, 0.15) is 67.3 Å². The number of hydrogen-bond acceptors (Lipinski definition) is 6. The van der Waals surface area contributed by atoms with Crippen molar-refractivity contribution in [2.45, 2.75) is 81.8 Å². The van der Waals surface area contributed by atoms with Crippen LogP contribution >= 0.6 is 0 Å². The molecule has 0 unspecified atom stereocenters. The maximum absolute atomic E-state index is 14.6. The highest BCUT2D eigenvalue weighted by Crippen LogP contribution is 2.29. The number of likely N-dealkylation sites (N-methyl/N-ethyl adjacent to an activating group) is 2. The molecule has 3 aromatic carbocycles. The fraction of sp³-hybridized carbons (Fsp3) is 0.432. The summed E-state index contributed by atoms with van der Waals surface area (Å²) in [5.74, 6) is -1.71. The van der Waals surface area contributed by atoms with Crippen molar-refractivity contribution in [2.75, 3.05) is 27.2 Å². The summed E-state index contributed by atoms with van der Waals surface area (Å²) in [6.45, 7) is 3.35. The standard InChI is InChI=1S/C37H46N4O5S/c1-27-20-22-28(23-21-27)47(45,46)41(26-12-19-35(42)43)37(44)36-29-13-4-7-16-32(29)40(33-17-8-5-14-30(33)36)25-11-10-24-39(3)34-18-9-6-15-31(34)38-2/h4-5,7-8,13-14,16-17,20-23,31,34,38H,6,9-12,15,18-19,24-26H2,1-3H3/p+1/t31-,34-/m0/s1. The zero-order chi connectivity index (χ0) is 33.6. The quantitative estimate of drug-likeness (QED) is 0.104. The number of nitrogens with zero attached hydrogens (tertiary/aromatic N) is 3. The number of rotatable bonds is 14. The normalized spacial score (nSPS) is 16.9. The third-order valence-electron chi connectivity index (χ3n) is 9.54. The number of unbranched alkanes of at least 4 members (excludes halogenated alkanes) is 1. The van der Waals surface area contributed by atoms with Crippen molar-refractivity contribution >= 4 is 43.7 Å². The SMILES string of the molecule is CN[C@H]1CCCC[C@@H]1N(C)CCCC[n+]1c2ccccc2c(C(=O)N(CCCC(=O)O)S(=O)(=O)c2ccc(C)cc2)c2ccccc21. The van der Waals surface area contributed by atoms with Gasteiger partial charge in [0, 0.05) is 43.6 Å². The van der Waals surface area contributed by atoms with Gasteiger partial charge in [0.2, 0.25) is 11.0 Å². The molecule has 1 saturated carbocycles. The number of nitrogens with one attached hydrogen (secondary N) is 1. The Morgan fingerprint density at radius 2 is 1.49 bits per heavy atom. The Morgan fingerprint density at radius 3 is 2.11 bits per heavy atom. The predicted octanol–water partition coefficient (Wildman–Crippen LogP) is 5.53. The van der Waals surface area contributed by atoms with E-state index in [9.17, 15) is 23.1 Å². The zero-order valence-electron chi connectivity index (χ0n) is 27.7. The fourth-order valence-corrected chi connectivity index (χ4v) is 8.44. The lowest BCUT2D eigenvalue weighted by molar-refractivity contribution is -0.645. The van der Waals surface area contributed by atoms with Crippen molar-refractivity contribution in [1.82, 2.24) is 14.5 Å². The molecule has 1 aliphatic rings. The van der Waals surface area contributed by atoms with E-state index in [0.29, 0.717) is 28.4 Å². The van der Waals surface area contributed by atoms with Gasteiger partial charge in [-0.25, -0.2) is 12.7 Å². The summed E-state index contributed by atoms with van der Waals surface area (Å²) in [6, 6.07) is 22.7. The number of amides is 1. The minimum Gasteiger partial charge on any atom is -0.481 e. The summed E-state index contributed by atoms with van der Waals surface area (Å²) < 4.78 is 31.1. The van der Waals surface area contributed by atoms with Crippen LogP contribution in [0.3, 0.4) is 0 Å². The van der Waals surface area contributed by atoms with Crippen LogP contribution in [0.5, 0.6) is 0 Å². The van der Waals surface area contributed by atoms with E-state index in [2.05, 4.69) is 28.9 Å². The number of aromatic nitrogens is 1. The Kier molecular flexibility index (Phi) is 11.3. The molecular weight excluding hydrogens is 612 g/mol. The predicted molar refractivity (Wildman–Crippen MR) is 185 cm³/mol. The summed E-state index contributed by atoms with van der Waals surface area (Å²) >= 11 is 0. The van der Waals surface area contributed by atoms with Crippen molar-refractivity contribution in [3.63, 3.8) is 0 Å². The van der Waals surface area contributed by atoms with E-state index in [1.807, 2.05) is 55.5 Å². The van der Waals surface area contributed by atoms with Gasteiger partial charge in [0.1, 0.15) is 6.54 Å². The molecule has 5 rings (SSSR count). The van der Waals surface area contributed by atoms with Crippen LogP contribution in [0.25, 0.3) is 21.8 Å². The lowest BCUT2D eigenvalue weighted by Crippen LogP contribution is -2.49. The largest absolute Gasteiger partial charge is 0.481 e. The molecule has 10 heteroatoms. The lowest BCUT2D eigenvalue weighted by atomic mass is 9.89. The molecule has 1 aliphatic carbocycles. The number of carbonyl (C=O) groups is 2. The molecule has 2 N–H and O–H groups in total. The van der Waals surface area contributed by atoms with Gasteiger partial charge in [-0.1, -0.05) is 54.8 Å². The number of benzene rings is 3. The molecule has 0 spiro atoms. The van der Waals surface area contributed by atoms with Gasteiger partial charge in [-0.05, 0) is 77.5 Å². The number of hydrogen-bond donors (Lipinski definition) is 2. The number of para-hydroxylation sites is 2. The molecule has 1 heterocycles. The van der Waals surface area contributed by atoms with Crippen LogP contribution < -0.4 is 9.88 Å². The molecule has 0 bridgehead atoms. The number of carboxylic acids is 1. The van der Waals surface area contributed by atoms with Crippen molar-refractivity contribution in [2.24, 2.45) is 0 Å². The third-order valence-corrected chi connectivity index (χ3v) is 11.3. The Hall–Kier alpha value is -3.86. The van der Waals surface area contributed by atoms with Crippen LogP contribution in [-0.4, -0.2) is 73.9 Å². The summed E-state index contributed by atoms with van der Waals surface area (Å²) in [5.41, 5.74) is 2.89. The first kappa shape index (κ1) is 34.5. The minimum atomic E-state index is -4.28. The first-order chi connectivity index (χ1) is 22.6. The highest BCUT2D eigenvalue weighted by molar-refractivity contribution is 7.89. The van der Waals surface area contributed by atoms with Crippen molar-refractivity contribution in [3.8, 4) is 0 Å². The smallest absolute Gasteiger partial charge is 0.303 e. The number of aryl methyl sites for hydroxylation is 2. The van der Waals surface area contributed by atoms with Gasteiger partial charge in [0.25, 0.3) is 15.9 Å². The minimum absolute atomic E-state index is 0.000762. The average Bonchev–Trinajstić information content (AvgIpc) is 3.07. The zero-order valence-corrected chi connectivity index (χ0v) is 28.5. The number of carbonyl (C=O) groups excluding carboxylic acids is 1. The Labute approximate surface area is 278 Å². The molecule has 1 fully saturated rings. The summed E-state index contributed by atoms with van der Waals surface area (Å²) in [4.78, 5) is 28.4.